The van der Waals surface area contributed by atoms with Crippen LogP contribution in [0.3, 0.4) is 0 Å². The van der Waals surface area contributed by atoms with Crippen LogP contribution in [-0.2, 0) is 0 Å². The fourth-order valence-corrected chi connectivity index (χ4v) is 1.91. The van der Waals surface area contributed by atoms with Gasteiger partial charge in [-0.3, -0.25) is 4.98 Å². The minimum absolute atomic E-state index is 0.0271. The van der Waals surface area contributed by atoms with Gasteiger partial charge in [0.2, 0.25) is 0 Å². The zero-order valence-corrected chi connectivity index (χ0v) is 10.4. The Morgan fingerprint density at radius 3 is 2.88 bits per heavy atom. The quantitative estimate of drug-likeness (QED) is 0.839. The van der Waals surface area contributed by atoms with Crippen LogP contribution in [0.4, 0.5) is 5.82 Å². The van der Waals surface area contributed by atoms with E-state index in [9.17, 15) is 4.79 Å². The van der Waals surface area contributed by atoms with Crippen molar-refractivity contribution in [2.24, 2.45) is 0 Å². The second-order valence-corrected chi connectivity index (χ2v) is 4.39. The minimum Gasteiger partial charge on any atom is -0.476 e. The Morgan fingerprint density at radius 2 is 2.31 bits per heavy atom. The van der Waals surface area contributed by atoms with Crippen LogP contribution in [0.25, 0.3) is 0 Å². The van der Waals surface area contributed by atoms with Gasteiger partial charge in [-0.2, -0.15) is 11.8 Å². The van der Waals surface area contributed by atoms with Crippen molar-refractivity contribution in [3.63, 3.8) is 0 Å². The van der Waals surface area contributed by atoms with Crippen LogP contribution in [0.1, 0.15) is 17.4 Å². The average Bonchev–Trinajstić information content (AvgIpc) is 2.28. The second kappa shape index (κ2) is 5.69. The van der Waals surface area contributed by atoms with E-state index in [0.717, 1.165) is 5.75 Å². The van der Waals surface area contributed by atoms with Gasteiger partial charge in [-0.1, -0.05) is 0 Å². The van der Waals surface area contributed by atoms with E-state index >= 15 is 0 Å². The predicted molar refractivity (Wildman–Crippen MR) is 65.2 cm³/mol. The molecule has 0 aliphatic rings. The van der Waals surface area contributed by atoms with Crippen LogP contribution in [0, 0.1) is 0 Å². The van der Waals surface area contributed by atoms with E-state index in [1.165, 1.54) is 6.20 Å². The first kappa shape index (κ1) is 12.8. The summed E-state index contributed by atoms with van der Waals surface area (Å²) in [6.45, 7) is 2.06. The Hall–Kier alpha value is -1.30. The molecule has 1 aromatic heterocycles. The molecule has 0 radical (unpaired) electrons. The fourth-order valence-electron chi connectivity index (χ4n) is 1.21. The van der Waals surface area contributed by atoms with Crippen LogP contribution in [0.5, 0.6) is 0 Å². The summed E-state index contributed by atoms with van der Waals surface area (Å²) in [6, 6.07) is 0.286. The Morgan fingerprint density at radius 1 is 1.62 bits per heavy atom. The lowest BCUT2D eigenvalue weighted by Gasteiger charge is -2.24. The van der Waals surface area contributed by atoms with Crippen molar-refractivity contribution in [3.05, 3.63) is 18.1 Å². The molecule has 0 aliphatic carbocycles. The molecule has 0 saturated heterocycles. The van der Waals surface area contributed by atoms with Gasteiger partial charge in [-0.05, 0) is 13.2 Å². The first-order valence-electron chi connectivity index (χ1n) is 4.83. The molecule has 5 nitrogen and oxygen atoms in total. The molecule has 1 aromatic rings. The normalized spacial score (nSPS) is 12.2. The summed E-state index contributed by atoms with van der Waals surface area (Å²) >= 11 is 1.74. The number of aromatic carboxylic acids is 1. The number of carbonyl (C=O) groups is 1. The molecule has 0 saturated carbocycles. The minimum atomic E-state index is -1.06. The fraction of sp³-hybridized carbons (Fsp3) is 0.500. The Kier molecular flexibility index (Phi) is 4.54. The lowest BCUT2D eigenvalue weighted by Crippen LogP contribution is -2.31. The SMILES string of the molecule is CSCC(C)N(C)c1cncc(C(=O)O)n1. The number of rotatable bonds is 5. The number of aromatic nitrogens is 2. The highest BCUT2D eigenvalue weighted by Gasteiger charge is 2.13. The summed E-state index contributed by atoms with van der Waals surface area (Å²) in [5, 5.41) is 8.81. The van der Waals surface area contributed by atoms with Crippen molar-refractivity contribution in [1.29, 1.82) is 0 Å². The number of nitrogens with zero attached hydrogens (tertiary/aromatic N) is 3. The zero-order valence-electron chi connectivity index (χ0n) is 9.54. The van der Waals surface area contributed by atoms with Crippen LogP contribution >= 0.6 is 11.8 Å². The molecule has 1 rings (SSSR count). The molecule has 1 N–H and O–H groups in total. The van der Waals surface area contributed by atoms with E-state index in [2.05, 4.69) is 16.9 Å². The summed E-state index contributed by atoms with van der Waals surface area (Å²) in [7, 11) is 1.89. The van der Waals surface area contributed by atoms with Crippen LogP contribution in [-0.4, -0.2) is 46.1 Å². The smallest absolute Gasteiger partial charge is 0.356 e. The third-order valence-electron chi connectivity index (χ3n) is 2.27. The lowest BCUT2D eigenvalue weighted by atomic mass is 10.3. The van der Waals surface area contributed by atoms with Gasteiger partial charge < -0.3 is 10.0 Å². The molecule has 0 bridgehead atoms. The maximum atomic E-state index is 10.7. The van der Waals surface area contributed by atoms with Gasteiger partial charge >= 0.3 is 5.97 Å². The summed E-state index contributed by atoms with van der Waals surface area (Å²) in [6.07, 6.45) is 4.85. The molecule has 0 amide bonds. The van der Waals surface area contributed by atoms with Gasteiger partial charge in [0.25, 0.3) is 0 Å². The summed E-state index contributed by atoms with van der Waals surface area (Å²) in [5.41, 5.74) is -0.0271. The van der Waals surface area contributed by atoms with Crippen molar-refractivity contribution in [2.45, 2.75) is 13.0 Å². The number of anilines is 1. The summed E-state index contributed by atoms with van der Waals surface area (Å²) in [5.74, 6) is 0.483. The molecule has 6 heteroatoms. The third-order valence-corrected chi connectivity index (χ3v) is 3.09. The van der Waals surface area contributed by atoms with Crippen molar-refractivity contribution in [3.8, 4) is 0 Å². The van der Waals surface area contributed by atoms with Gasteiger partial charge in [0.05, 0.1) is 12.4 Å². The van der Waals surface area contributed by atoms with Gasteiger partial charge in [-0.15, -0.1) is 0 Å². The first-order valence-corrected chi connectivity index (χ1v) is 6.22. The van der Waals surface area contributed by atoms with Gasteiger partial charge in [0, 0.05) is 18.8 Å². The van der Waals surface area contributed by atoms with E-state index in [-0.39, 0.29) is 11.7 Å². The highest BCUT2D eigenvalue weighted by Crippen LogP contribution is 2.13. The van der Waals surface area contributed by atoms with Crippen molar-refractivity contribution in [2.75, 3.05) is 24.0 Å². The molecule has 1 unspecified atom stereocenters. The van der Waals surface area contributed by atoms with Crippen LogP contribution in [0.2, 0.25) is 0 Å². The molecule has 88 valence electrons. The van der Waals surface area contributed by atoms with Crippen molar-refractivity contribution < 1.29 is 9.90 Å². The number of carboxylic acids is 1. The topological polar surface area (TPSA) is 66.3 Å². The molecule has 1 atom stereocenters. The molecule has 0 fully saturated rings. The largest absolute Gasteiger partial charge is 0.476 e. The number of carboxylic acid groups (broad SMARTS) is 1. The van der Waals surface area contributed by atoms with E-state index < -0.39 is 5.97 Å². The molecular formula is C10H15N3O2S. The molecule has 0 aromatic carbocycles. The summed E-state index contributed by atoms with van der Waals surface area (Å²) < 4.78 is 0. The zero-order chi connectivity index (χ0) is 12.1. The number of hydrogen-bond donors (Lipinski definition) is 1. The third kappa shape index (κ3) is 3.10. The highest BCUT2D eigenvalue weighted by atomic mass is 32.2. The Bertz CT molecular complexity index is 373. The molecule has 1 heterocycles. The van der Waals surface area contributed by atoms with Gasteiger partial charge in [0.1, 0.15) is 5.82 Å². The predicted octanol–water partition coefficient (Wildman–Crippen LogP) is 1.36. The van der Waals surface area contributed by atoms with Gasteiger partial charge in [-0.25, -0.2) is 9.78 Å². The maximum Gasteiger partial charge on any atom is 0.356 e. The second-order valence-electron chi connectivity index (χ2n) is 3.48. The number of thioether (sulfide) groups is 1. The van der Waals surface area contributed by atoms with E-state index in [0.29, 0.717) is 5.82 Å². The maximum absolute atomic E-state index is 10.7. The monoisotopic (exact) mass is 241 g/mol. The van der Waals surface area contributed by atoms with E-state index in [4.69, 9.17) is 5.11 Å². The van der Waals surface area contributed by atoms with Crippen molar-refractivity contribution in [1.82, 2.24) is 9.97 Å². The van der Waals surface area contributed by atoms with Crippen LogP contribution < -0.4 is 4.90 Å². The van der Waals surface area contributed by atoms with Crippen molar-refractivity contribution >= 4 is 23.5 Å². The standard InChI is InChI=1S/C10H15N3O2S/c1-7(6-16-3)13(2)9-5-11-4-8(12-9)10(14)15/h4-5,7H,6H2,1-3H3,(H,14,15). The lowest BCUT2D eigenvalue weighted by molar-refractivity contribution is 0.0690. The molecule has 0 spiro atoms. The Labute approximate surface area is 98.9 Å². The molecular weight excluding hydrogens is 226 g/mol. The van der Waals surface area contributed by atoms with E-state index in [1.807, 2.05) is 18.2 Å². The number of hydrogen-bond acceptors (Lipinski definition) is 5. The Balaban J connectivity index is 2.86. The highest BCUT2D eigenvalue weighted by molar-refractivity contribution is 7.98. The van der Waals surface area contributed by atoms with Gasteiger partial charge in [0.15, 0.2) is 5.69 Å². The first-order chi connectivity index (χ1) is 7.56. The van der Waals surface area contributed by atoms with E-state index in [1.54, 1.807) is 18.0 Å². The average molecular weight is 241 g/mol. The molecule has 16 heavy (non-hydrogen) atoms. The van der Waals surface area contributed by atoms with Crippen LogP contribution in [0.15, 0.2) is 12.4 Å². The molecule has 0 aliphatic heterocycles. The summed E-state index contributed by atoms with van der Waals surface area (Å²) in [4.78, 5) is 20.6.